The number of benzene rings is 1. The summed E-state index contributed by atoms with van der Waals surface area (Å²) < 4.78 is 6.28. The van der Waals surface area contributed by atoms with Gasteiger partial charge in [0.25, 0.3) is 0 Å². The molecule has 1 aromatic heterocycles. The van der Waals surface area contributed by atoms with Crippen LogP contribution in [0.25, 0.3) is 11.3 Å². The van der Waals surface area contributed by atoms with Crippen molar-refractivity contribution in [3.63, 3.8) is 0 Å². The molecule has 0 saturated carbocycles. The highest BCUT2D eigenvalue weighted by Gasteiger charge is 2.08. The highest BCUT2D eigenvalue weighted by atomic mass is 79.9. The zero-order valence-corrected chi connectivity index (χ0v) is 10.2. The summed E-state index contributed by atoms with van der Waals surface area (Å²) in [6, 6.07) is 7.52. The van der Waals surface area contributed by atoms with Gasteiger partial charge in [0, 0.05) is 17.1 Å². The lowest BCUT2D eigenvalue weighted by atomic mass is 10.1. The van der Waals surface area contributed by atoms with Crippen LogP contribution in [0.1, 0.15) is 5.56 Å². The Morgan fingerprint density at radius 1 is 1.33 bits per heavy atom. The van der Waals surface area contributed by atoms with E-state index in [-0.39, 0.29) is 0 Å². The normalized spacial score (nSPS) is 10.6. The second kappa shape index (κ2) is 4.39. The second-order valence-corrected chi connectivity index (χ2v) is 4.37. The van der Waals surface area contributed by atoms with Crippen LogP contribution in [0.2, 0.25) is 5.02 Å². The number of rotatable bonds is 2. The number of halogens is 2. The monoisotopic (exact) mass is 285 g/mol. The molecule has 0 amide bonds. The average Bonchev–Trinajstić information content (AvgIpc) is 2.65. The number of hydrogen-bond acceptors (Lipinski definition) is 2. The summed E-state index contributed by atoms with van der Waals surface area (Å²) in [6.45, 7) is 0.422. The van der Waals surface area contributed by atoms with Crippen LogP contribution >= 0.6 is 27.5 Å². The minimum absolute atomic E-state index is 0.422. The quantitative estimate of drug-likeness (QED) is 0.911. The van der Waals surface area contributed by atoms with Gasteiger partial charge in [-0.2, -0.15) is 0 Å². The van der Waals surface area contributed by atoms with E-state index in [1.54, 1.807) is 6.26 Å². The molecule has 4 heteroatoms. The lowest BCUT2D eigenvalue weighted by Crippen LogP contribution is -1.97. The van der Waals surface area contributed by atoms with E-state index in [0.29, 0.717) is 11.6 Å². The topological polar surface area (TPSA) is 39.2 Å². The number of furan rings is 1. The van der Waals surface area contributed by atoms with E-state index in [2.05, 4.69) is 15.9 Å². The van der Waals surface area contributed by atoms with Gasteiger partial charge in [-0.3, -0.25) is 0 Å². The molecule has 2 N–H and O–H groups in total. The molecule has 0 radical (unpaired) electrons. The highest BCUT2D eigenvalue weighted by Crippen LogP contribution is 2.31. The van der Waals surface area contributed by atoms with Crippen LogP contribution in [0.3, 0.4) is 0 Å². The first-order valence-corrected chi connectivity index (χ1v) is 5.61. The largest absolute Gasteiger partial charge is 0.463 e. The Kier molecular flexibility index (Phi) is 3.14. The third-order valence-electron chi connectivity index (χ3n) is 2.14. The van der Waals surface area contributed by atoms with Crippen LogP contribution in [0.15, 0.2) is 39.4 Å². The van der Waals surface area contributed by atoms with E-state index >= 15 is 0 Å². The Balaban J connectivity index is 2.51. The fourth-order valence-electron chi connectivity index (χ4n) is 1.37. The summed E-state index contributed by atoms with van der Waals surface area (Å²) in [4.78, 5) is 0. The molecule has 0 aliphatic rings. The highest BCUT2D eigenvalue weighted by molar-refractivity contribution is 9.10. The minimum atomic E-state index is 0.422. The fraction of sp³-hybridized carbons (Fsp3) is 0.0909. The smallest absolute Gasteiger partial charge is 0.148 e. The molecule has 2 aromatic rings. The van der Waals surface area contributed by atoms with Crippen LogP contribution in [0, 0.1) is 0 Å². The van der Waals surface area contributed by atoms with Crippen molar-refractivity contribution in [2.75, 3.05) is 0 Å². The summed E-state index contributed by atoms with van der Waals surface area (Å²) in [5, 5.41) is 0.684. The summed E-state index contributed by atoms with van der Waals surface area (Å²) >= 11 is 9.39. The van der Waals surface area contributed by atoms with Gasteiger partial charge in [-0.1, -0.05) is 11.6 Å². The predicted molar refractivity (Wildman–Crippen MR) is 64.7 cm³/mol. The molecule has 0 aliphatic heterocycles. The summed E-state index contributed by atoms with van der Waals surface area (Å²) in [6.07, 6.45) is 1.64. The average molecular weight is 287 g/mol. The van der Waals surface area contributed by atoms with E-state index in [0.717, 1.165) is 21.4 Å². The Labute approximate surface area is 101 Å². The molecule has 0 aliphatic carbocycles. The van der Waals surface area contributed by atoms with Gasteiger partial charge < -0.3 is 10.2 Å². The molecular weight excluding hydrogens is 277 g/mol. The molecule has 2 nitrogen and oxygen atoms in total. The Bertz CT molecular complexity index is 481. The van der Waals surface area contributed by atoms with Crippen molar-refractivity contribution in [3.8, 4) is 11.3 Å². The zero-order chi connectivity index (χ0) is 10.8. The first kappa shape index (κ1) is 10.7. The molecule has 1 aromatic carbocycles. The molecule has 0 spiro atoms. The van der Waals surface area contributed by atoms with Gasteiger partial charge >= 0.3 is 0 Å². The van der Waals surface area contributed by atoms with E-state index in [4.69, 9.17) is 21.8 Å². The SMILES string of the molecule is NCc1cc(-c2occc2Br)ccc1Cl. The first-order chi connectivity index (χ1) is 7.22. The molecule has 78 valence electrons. The van der Waals surface area contributed by atoms with E-state index < -0.39 is 0 Å². The van der Waals surface area contributed by atoms with Crippen LogP contribution in [-0.4, -0.2) is 0 Å². The maximum atomic E-state index is 5.98. The van der Waals surface area contributed by atoms with Crippen LogP contribution in [0.5, 0.6) is 0 Å². The van der Waals surface area contributed by atoms with Gasteiger partial charge in [0.2, 0.25) is 0 Å². The van der Waals surface area contributed by atoms with Gasteiger partial charge in [0.05, 0.1) is 10.7 Å². The number of hydrogen-bond donors (Lipinski definition) is 1. The van der Waals surface area contributed by atoms with Gasteiger partial charge in [0.1, 0.15) is 5.76 Å². The predicted octanol–water partition coefficient (Wildman–Crippen LogP) is 3.82. The van der Waals surface area contributed by atoms with Crippen LogP contribution in [-0.2, 0) is 6.54 Å². The summed E-state index contributed by atoms with van der Waals surface area (Å²) in [5.41, 5.74) is 7.47. The van der Waals surface area contributed by atoms with E-state index in [1.807, 2.05) is 24.3 Å². The molecule has 15 heavy (non-hydrogen) atoms. The third-order valence-corrected chi connectivity index (χ3v) is 3.14. The molecule has 0 atom stereocenters. The molecule has 0 saturated heterocycles. The lowest BCUT2D eigenvalue weighted by Gasteiger charge is -2.04. The van der Waals surface area contributed by atoms with Gasteiger partial charge in [-0.05, 0) is 45.8 Å². The maximum absolute atomic E-state index is 5.98. The molecular formula is C11H9BrClNO. The minimum Gasteiger partial charge on any atom is -0.463 e. The fourth-order valence-corrected chi connectivity index (χ4v) is 2.00. The Morgan fingerprint density at radius 2 is 2.13 bits per heavy atom. The summed E-state index contributed by atoms with van der Waals surface area (Å²) in [5.74, 6) is 0.793. The van der Waals surface area contributed by atoms with Gasteiger partial charge in [-0.25, -0.2) is 0 Å². The van der Waals surface area contributed by atoms with E-state index in [1.165, 1.54) is 0 Å². The summed E-state index contributed by atoms with van der Waals surface area (Å²) in [7, 11) is 0. The Morgan fingerprint density at radius 3 is 2.73 bits per heavy atom. The molecule has 0 unspecified atom stereocenters. The van der Waals surface area contributed by atoms with Crippen molar-refractivity contribution in [1.29, 1.82) is 0 Å². The number of nitrogens with two attached hydrogens (primary N) is 1. The van der Waals surface area contributed by atoms with Crippen molar-refractivity contribution in [2.24, 2.45) is 5.73 Å². The van der Waals surface area contributed by atoms with Crippen molar-refractivity contribution >= 4 is 27.5 Å². The maximum Gasteiger partial charge on any atom is 0.148 e. The van der Waals surface area contributed by atoms with Crippen molar-refractivity contribution in [1.82, 2.24) is 0 Å². The standard InChI is InChI=1S/C11H9BrClNO/c12-9-3-4-15-11(9)7-1-2-10(13)8(5-7)6-14/h1-5H,6,14H2. The van der Waals surface area contributed by atoms with Crippen molar-refractivity contribution in [3.05, 3.63) is 45.6 Å². The van der Waals surface area contributed by atoms with Crippen LogP contribution in [0.4, 0.5) is 0 Å². The van der Waals surface area contributed by atoms with Crippen molar-refractivity contribution in [2.45, 2.75) is 6.54 Å². The van der Waals surface area contributed by atoms with Gasteiger partial charge in [-0.15, -0.1) is 0 Å². The molecule has 0 fully saturated rings. The molecule has 0 bridgehead atoms. The Hall–Kier alpha value is -0.770. The third kappa shape index (κ3) is 2.09. The molecule has 2 rings (SSSR count). The van der Waals surface area contributed by atoms with Gasteiger partial charge in [0.15, 0.2) is 0 Å². The second-order valence-electron chi connectivity index (χ2n) is 3.11. The lowest BCUT2D eigenvalue weighted by molar-refractivity contribution is 0.581. The zero-order valence-electron chi connectivity index (χ0n) is 7.84. The first-order valence-electron chi connectivity index (χ1n) is 4.44. The van der Waals surface area contributed by atoms with Crippen LogP contribution < -0.4 is 5.73 Å². The molecule has 1 heterocycles. The van der Waals surface area contributed by atoms with Crippen molar-refractivity contribution < 1.29 is 4.42 Å². The van der Waals surface area contributed by atoms with E-state index in [9.17, 15) is 0 Å².